The van der Waals surface area contributed by atoms with Crippen molar-refractivity contribution in [2.75, 3.05) is 0 Å². The number of rotatable bonds is 7. The van der Waals surface area contributed by atoms with Gasteiger partial charge in [-0.2, -0.15) is 0 Å². The SMILES string of the molecule is C#C/C([CH]=[W])=C/CCCCC(=C)C1CCCC2C1CCC1C3CCC(C)(C)CCC3CCC12.CC.CC. The fourth-order valence-electron chi connectivity index (χ4n) is 8.75. The van der Waals surface area contributed by atoms with E-state index in [-0.39, 0.29) is 0 Å². The molecule has 0 radical (unpaired) electrons. The summed E-state index contributed by atoms with van der Waals surface area (Å²) in [6.45, 7) is 17.7. The van der Waals surface area contributed by atoms with Gasteiger partial charge in [0.15, 0.2) is 0 Å². The predicted molar refractivity (Wildman–Crippen MR) is 162 cm³/mol. The Morgan fingerprint density at radius 3 is 2.16 bits per heavy atom. The topological polar surface area (TPSA) is 0 Å². The molecule has 0 aromatic rings. The first-order valence-electron chi connectivity index (χ1n) is 16.2. The van der Waals surface area contributed by atoms with E-state index in [9.17, 15) is 0 Å². The Morgan fingerprint density at radius 1 is 0.838 bits per heavy atom. The summed E-state index contributed by atoms with van der Waals surface area (Å²) >= 11 is 1.44. The Kier molecular flexibility index (Phi) is 14.8. The van der Waals surface area contributed by atoms with Crippen molar-refractivity contribution in [3.63, 3.8) is 0 Å². The molecular formula is C36H60W. The minimum Gasteiger partial charge on any atom is -0.0683 e. The fraction of sp³-hybridized carbons (Fsp3) is 0.806. The molecule has 4 rings (SSSR count). The van der Waals surface area contributed by atoms with Crippen LogP contribution in [-0.4, -0.2) is 4.40 Å². The van der Waals surface area contributed by atoms with Gasteiger partial charge in [-0.15, -0.1) is 0 Å². The predicted octanol–water partition coefficient (Wildman–Crippen LogP) is 10.7. The molecule has 0 saturated heterocycles. The first kappa shape index (κ1) is 32.8. The molecule has 37 heavy (non-hydrogen) atoms. The summed E-state index contributed by atoms with van der Waals surface area (Å²) in [5.41, 5.74) is 3.27. The molecule has 7 atom stereocenters. The van der Waals surface area contributed by atoms with Crippen molar-refractivity contribution in [2.24, 2.45) is 46.8 Å². The van der Waals surface area contributed by atoms with Crippen molar-refractivity contribution in [3.8, 4) is 12.3 Å². The van der Waals surface area contributed by atoms with Crippen LogP contribution in [0.2, 0.25) is 0 Å². The summed E-state index contributed by atoms with van der Waals surface area (Å²) in [7, 11) is 0. The van der Waals surface area contributed by atoms with Gasteiger partial charge in [0.2, 0.25) is 0 Å². The van der Waals surface area contributed by atoms with Crippen molar-refractivity contribution < 1.29 is 19.4 Å². The molecule has 0 aromatic carbocycles. The van der Waals surface area contributed by atoms with Crippen LogP contribution >= 0.6 is 0 Å². The zero-order chi connectivity index (χ0) is 27.4. The molecule has 4 aliphatic carbocycles. The molecule has 0 aliphatic heterocycles. The summed E-state index contributed by atoms with van der Waals surface area (Å²) in [5.74, 6) is 9.78. The number of fused-ring (bicyclic) bond motifs is 5. The summed E-state index contributed by atoms with van der Waals surface area (Å²) in [6, 6.07) is 0. The van der Waals surface area contributed by atoms with Crippen LogP contribution in [0.1, 0.15) is 138 Å². The Morgan fingerprint density at radius 2 is 1.46 bits per heavy atom. The Bertz CT molecular complexity index is 764. The standard InChI is InChI=1S/C32H48.2C2H6.W/c1-6-23(2)11-8-7-9-12-24(3)26-13-10-14-28-29(26)17-18-30-27-20-22-32(4,5)21-19-25(27)15-16-31(28)30;2*1-2;/h1-2,11,25-31H,3,7-10,12-22H2,4-5H3;2*1-2H3;/b23-11+;;;. The van der Waals surface area contributed by atoms with Crippen molar-refractivity contribution in [2.45, 2.75) is 138 Å². The number of allylic oxidation sites excluding steroid dienone is 3. The van der Waals surface area contributed by atoms with Gasteiger partial charge in [0.05, 0.1) is 0 Å². The van der Waals surface area contributed by atoms with E-state index < -0.39 is 0 Å². The van der Waals surface area contributed by atoms with Gasteiger partial charge in [0.1, 0.15) is 0 Å². The van der Waals surface area contributed by atoms with Crippen LogP contribution in [0.3, 0.4) is 0 Å². The monoisotopic (exact) mass is 676 g/mol. The van der Waals surface area contributed by atoms with E-state index in [1.54, 1.807) is 18.4 Å². The Labute approximate surface area is 243 Å². The first-order valence-corrected chi connectivity index (χ1v) is 17.9. The van der Waals surface area contributed by atoms with Crippen LogP contribution in [0.25, 0.3) is 0 Å². The minimum atomic E-state index is 0.589. The van der Waals surface area contributed by atoms with Crippen LogP contribution in [0.15, 0.2) is 23.8 Å². The van der Waals surface area contributed by atoms with E-state index in [1.807, 2.05) is 27.7 Å². The normalized spacial score (nSPS) is 34.3. The smallest absolute Gasteiger partial charge is 0.0683 e. The van der Waals surface area contributed by atoms with Crippen molar-refractivity contribution >= 4 is 4.40 Å². The summed E-state index contributed by atoms with van der Waals surface area (Å²) in [4.78, 5) is 0. The van der Waals surface area contributed by atoms with Gasteiger partial charge in [-0.3, -0.25) is 0 Å². The van der Waals surface area contributed by atoms with E-state index in [0.717, 1.165) is 53.4 Å². The third kappa shape index (κ3) is 8.79. The molecule has 0 bridgehead atoms. The van der Waals surface area contributed by atoms with Crippen molar-refractivity contribution in [1.82, 2.24) is 0 Å². The zero-order valence-electron chi connectivity index (χ0n) is 25.5. The molecule has 4 fully saturated rings. The molecule has 0 nitrogen and oxygen atoms in total. The molecule has 0 heterocycles. The van der Waals surface area contributed by atoms with Gasteiger partial charge in [-0.05, 0) is 61.7 Å². The van der Waals surface area contributed by atoms with E-state index in [1.165, 1.54) is 96.4 Å². The van der Waals surface area contributed by atoms with Gasteiger partial charge in [-0.25, -0.2) is 0 Å². The van der Waals surface area contributed by atoms with Gasteiger partial charge < -0.3 is 0 Å². The van der Waals surface area contributed by atoms with Crippen LogP contribution in [-0.2, 0) is 19.4 Å². The summed E-state index contributed by atoms with van der Waals surface area (Å²) < 4.78 is 2.13. The molecule has 0 spiro atoms. The van der Waals surface area contributed by atoms with Crippen LogP contribution in [0, 0.1) is 59.2 Å². The Hall–Kier alpha value is -0.402. The van der Waals surface area contributed by atoms with Crippen LogP contribution in [0.4, 0.5) is 0 Å². The second kappa shape index (κ2) is 16.6. The van der Waals surface area contributed by atoms with Gasteiger partial charge in [0, 0.05) is 0 Å². The molecule has 4 aliphatic rings. The van der Waals surface area contributed by atoms with Crippen LogP contribution in [0.5, 0.6) is 0 Å². The van der Waals surface area contributed by atoms with Gasteiger partial charge in [-0.1, -0.05) is 41.5 Å². The Balaban J connectivity index is 0.00000115. The first-order chi connectivity index (χ1) is 17.9. The number of hydrogen-bond donors (Lipinski definition) is 0. The van der Waals surface area contributed by atoms with Gasteiger partial charge in [0.25, 0.3) is 0 Å². The quantitative estimate of drug-likeness (QED) is 0.143. The zero-order valence-corrected chi connectivity index (χ0v) is 28.4. The third-order valence-corrected chi connectivity index (χ3v) is 11.5. The molecular weight excluding hydrogens is 616 g/mol. The molecule has 7 unspecified atom stereocenters. The van der Waals surface area contributed by atoms with Crippen molar-refractivity contribution in [1.29, 1.82) is 0 Å². The van der Waals surface area contributed by atoms with E-state index in [2.05, 4.69) is 36.8 Å². The molecule has 0 N–H and O–H groups in total. The number of unbranched alkanes of at least 4 members (excludes halogenated alkanes) is 2. The summed E-state index contributed by atoms with van der Waals surface area (Å²) in [6.07, 6.45) is 29.2. The van der Waals surface area contributed by atoms with Gasteiger partial charge >= 0.3 is 141 Å². The average Bonchev–Trinajstić information content (AvgIpc) is 3.10. The van der Waals surface area contributed by atoms with Crippen molar-refractivity contribution in [3.05, 3.63) is 23.8 Å². The molecule has 0 aromatic heterocycles. The molecule has 1 heteroatoms. The maximum absolute atomic E-state index is 5.56. The minimum absolute atomic E-state index is 0.589. The van der Waals surface area contributed by atoms with E-state index in [4.69, 9.17) is 6.42 Å². The molecule has 4 saturated carbocycles. The second-order valence-electron chi connectivity index (χ2n) is 12.8. The fourth-order valence-corrected chi connectivity index (χ4v) is 9.34. The second-order valence-corrected chi connectivity index (χ2v) is 13.7. The summed E-state index contributed by atoms with van der Waals surface area (Å²) in [5, 5.41) is 0. The van der Waals surface area contributed by atoms with Crippen LogP contribution < -0.4 is 0 Å². The number of terminal acetylenes is 1. The maximum atomic E-state index is 5.56. The molecule has 210 valence electrons. The van der Waals surface area contributed by atoms with E-state index in [0.29, 0.717) is 5.41 Å². The third-order valence-electron chi connectivity index (χ3n) is 10.6. The van der Waals surface area contributed by atoms with E-state index >= 15 is 0 Å². The molecule has 0 amide bonds. The number of hydrogen-bond acceptors (Lipinski definition) is 0. The average molecular weight is 677 g/mol.